The van der Waals surface area contributed by atoms with Gasteiger partial charge in [-0.15, -0.1) is 0 Å². The molecule has 0 aliphatic rings. The van der Waals surface area contributed by atoms with Crippen LogP contribution in [0.5, 0.6) is 0 Å². The van der Waals surface area contributed by atoms with Crippen LogP contribution in [0.15, 0.2) is 42.5 Å². The summed E-state index contributed by atoms with van der Waals surface area (Å²) in [7, 11) is 0. The van der Waals surface area contributed by atoms with Gasteiger partial charge < -0.3 is 15.5 Å². The van der Waals surface area contributed by atoms with Crippen molar-refractivity contribution in [1.29, 1.82) is 0 Å². The molecule has 2 aromatic carbocycles. The molecule has 0 unspecified atom stereocenters. The number of nitrogens with one attached hydrogen (secondary N) is 2. The lowest BCUT2D eigenvalue weighted by atomic mass is 10.2. The van der Waals surface area contributed by atoms with Crippen molar-refractivity contribution in [2.24, 2.45) is 0 Å². The van der Waals surface area contributed by atoms with Crippen LogP contribution in [-0.2, 0) is 4.79 Å². The smallest absolute Gasteiger partial charge is 0.226 e. The number of anilines is 3. The third-order valence-corrected chi connectivity index (χ3v) is 4.53. The molecule has 2 aromatic rings. The van der Waals surface area contributed by atoms with Crippen LogP contribution in [0.4, 0.5) is 17.1 Å². The molecule has 4 nitrogen and oxygen atoms in total. The minimum Gasteiger partial charge on any atom is -0.385 e. The molecule has 0 heterocycles. The van der Waals surface area contributed by atoms with Crippen LogP contribution in [0.2, 0.25) is 10.0 Å². The van der Waals surface area contributed by atoms with Gasteiger partial charge in [-0.2, -0.15) is 0 Å². The first-order chi connectivity index (χ1) is 12.0. The third kappa shape index (κ3) is 5.55. The van der Waals surface area contributed by atoms with Gasteiger partial charge in [-0.1, -0.05) is 29.3 Å². The number of para-hydroxylation sites is 1. The highest BCUT2D eigenvalue weighted by atomic mass is 35.5. The van der Waals surface area contributed by atoms with E-state index in [0.717, 1.165) is 18.8 Å². The van der Waals surface area contributed by atoms with Gasteiger partial charge in [-0.05, 0) is 50.2 Å². The monoisotopic (exact) mass is 379 g/mol. The van der Waals surface area contributed by atoms with Gasteiger partial charge in [0.15, 0.2) is 0 Å². The predicted molar refractivity (Wildman–Crippen MR) is 108 cm³/mol. The maximum atomic E-state index is 12.1. The number of hydrogen-bond acceptors (Lipinski definition) is 3. The number of nitrogens with zero attached hydrogens (tertiary/aromatic N) is 1. The van der Waals surface area contributed by atoms with Crippen molar-refractivity contribution in [1.82, 2.24) is 0 Å². The first-order valence-corrected chi connectivity index (χ1v) is 9.13. The molecule has 0 spiro atoms. The van der Waals surface area contributed by atoms with Gasteiger partial charge in [0.25, 0.3) is 0 Å². The predicted octanol–water partition coefficient (Wildman–Crippen LogP) is 5.28. The summed E-state index contributed by atoms with van der Waals surface area (Å²) >= 11 is 12.1. The van der Waals surface area contributed by atoms with E-state index in [0.29, 0.717) is 28.7 Å². The van der Waals surface area contributed by atoms with E-state index < -0.39 is 0 Å². The zero-order valence-corrected chi connectivity index (χ0v) is 16.0. The van der Waals surface area contributed by atoms with Crippen molar-refractivity contribution in [2.45, 2.75) is 20.3 Å². The summed E-state index contributed by atoms with van der Waals surface area (Å²) in [6.45, 7) is 6.76. The summed E-state index contributed by atoms with van der Waals surface area (Å²) in [4.78, 5) is 14.3. The number of carbonyl (C=O) groups excluding carboxylic acids is 1. The zero-order valence-electron chi connectivity index (χ0n) is 14.5. The standard InChI is InChI=1S/C19H23Cl2N3O/c1-3-24(4-2)15-10-8-14(9-11-15)22-13-12-18(25)23-19-16(20)6-5-7-17(19)21/h5-11,22H,3-4,12-13H2,1-2H3,(H,23,25). The lowest BCUT2D eigenvalue weighted by Crippen LogP contribution is -2.21. The molecule has 25 heavy (non-hydrogen) atoms. The fraction of sp³-hybridized carbons (Fsp3) is 0.316. The van der Waals surface area contributed by atoms with E-state index in [-0.39, 0.29) is 5.91 Å². The summed E-state index contributed by atoms with van der Waals surface area (Å²) in [5.41, 5.74) is 2.64. The van der Waals surface area contributed by atoms with Crippen molar-refractivity contribution in [3.63, 3.8) is 0 Å². The average Bonchev–Trinajstić information content (AvgIpc) is 2.61. The first-order valence-electron chi connectivity index (χ1n) is 8.37. The Morgan fingerprint density at radius 1 is 1.00 bits per heavy atom. The third-order valence-electron chi connectivity index (χ3n) is 3.90. The molecule has 0 aliphatic heterocycles. The molecule has 0 fully saturated rings. The maximum Gasteiger partial charge on any atom is 0.226 e. The largest absolute Gasteiger partial charge is 0.385 e. The van der Waals surface area contributed by atoms with Crippen LogP contribution < -0.4 is 15.5 Å². The molecule has 134 valence electrons. The highest BCUT2D eigenvalue weighted by molar-refractivity contribution is 6.39. The van der Waals surface area contributed by atoms with Crippen LogP contribution in [-0.4, -0.2) is 25.5 Å². The SMILES string of the molecule is CCN(CC)c1ccc(NCCC(=O)Nc2c(Cl)cccc2Cl)cc1. The van der Waals surface area contributed by atoms with E-state index in [2.05, 4.69) is 41.5 Å². The molecule has 0 atom stereocenters. The Bertz CT molecular complexity index is 680. The second-order valence-electron chi connectivity index (χ2n) is 5.54. The molecule has 0 aromatic heterocycles. The van der Waals surface area contributed by atoms with E-state index in [1.165, 1.54) is 5.69 Å². The van der Waals surface area contributed by atoms with E-state index >= 15 is 0 Å². The molecule has 0 saturated carbocycles. The molecule has 0 aliphatic carbocycles. The van der Waals surface area contributed by atoms with Crippen LogP contribution in [0.3, 0.4) is 0 Å². The van der Waals surface area contributed by atoms with Gasteiger partial charge in [0, 0.05) is 37.4 Å². The summed E-state index contributed by atoms with van der Waals surface area (Å²) in [6.07, 6.45) is 0.319. The lowest BCUT2D eigenvalue weighted by Gasteiger charge is -2.21. The van der Waals surface area contributed by atoms with Crippen molar-refractivity contribution in [2.75, 3.05) is 35.2 Å². The Hall–Kier alpha value is -1.91. The van der Waals surface area contributed by atoms with Crippen LogP contribution in [0.1, 0.15) is 20.3 Å². The fourth-order valence-corrected chi connectivity index (χ4v) is 3.01. The summed E-state index contributed by atoms with van der Waals surface area (Å²) in [5.74, 6) is -0.137. The molecule has 1 amide bonds. The van der Waals surface area contributed by atoms with Gasteiger partial charge in [0.05, 0.1) is 15.7 Å². The van der Waals surface area contributed by atoms with E-state index in [1.54, 1.807) is 18.2 Å². The van der Waals surface area contributed by atoms with E-state index in [9.17, 15) is 4.79 Å². The number of rotatable bonds is 8. The van der Waals surface area contributed by atoms with Crippen LogP contribution in [0, 0.1) is 0 Å². The normalized spacial score (nSPS) is 10.4. The Kier molecular flexibility index (Phi) is 7.41. The minimum absolute atomic E-state index is 0.137. The van der Waals surface area contributed by atoms with Gasteiger partial charge in [0.1, 0.15) is 0 Å². The summed E-state index contributed by atoms with van der Waals surface area (Å²) < 4.78 is 0. The van der Waals surface area contributed by atoms with Gasteiger partial charge >= 0.3 is 0 Å². The molecule has 2 N–H and O–H groups in total. The van der Waals surface area contributed by atoms with Crippen molar-refractivity contribution in [3.8, 4) is 0 Å². The second kappa shape index (κ2) is 9.54. The Morgan fingerprint density at radius 3 is 2.16 bits per heavy atom. The van der Waals surface area contributed by atoms with E-state index in [4.69, 9.17) is 23.2 Å². The Morgan fingerprint density at radius 2 is 1.60 bits per heavy atom. The Labute approximate surface area is 159 Å². The van der Waals surface area contributed by atoms with E-state index in [1.807, 2.05) is 12.1 Å². The second-order valence-corrected chi connectivity index (χ2v) is 6.36. The molecule has 0 saturated heterocycles. The van der Waals surface area contributed by atoms with Gasteiger partial charge in [-0.3, -0.25) is 4.79 Å². The first kappa shape index (κ1) is 19.4. The highest BCUT2D eigenvalue weighted by Gasteiger charge is 2.09. The highest BCUT2D eigenvalue weighted by Crippen LogP contribution is 2.29. The van der Waals surface area contributed by atoms with Crippen molar-refractivity contribution >= 4 is 46.2 Å². The number of halogens is 2. The Balaban J connectivity index is 1.83. The number of carbonyl (C=O) groups is 1. The molecule has 0 bridgehead atoms. The summed E-state index contributed by atoms with van der Waals surface area (Å²) in [6, 6.07) is 13.3. The summed E-state index contributed by atoms with van der Waals surface area (Å²) in [5, 5.41) is 6.86. The zero-order chi connectivity index (χ0) is 18.2. The van der Waals surface area contributed by atoms with Crippen LogP contribution >= 0.6 is 23.2 Å². The van der Waals surface area contributed by atoms with Crippen molar-refractivity contribution in [3.05, 3.63) is 52.5 Å². The van der Waals surface area contributed by atoms with Crippen LogP contribution in [0.25, 0.3) is 0 Å². The fourth-order valence-electron chi connectivity index (χ4n) is 2.52. The number of amides is 1. The quantitative estimate of drug-likeness (QED) is 0.655. The maximum absolute atomic E-state index is 12.1. The number of hydrogen-bond donors (Lipinski definition) is 2. The molecular weight excluding hydrogens is 357 g/mol. The molecule has 0 radical (unpaired) electrons. The lowest BCUT2D eigenvalue weighted by molar-refractivity contribution is -0.115. The number of benzene rings is 2. The minimum atomic E-state index is -0.137. The van der Waals surface area contributed by atoms with Gasteiger partial charge in [-0.25, -0.2) is 0 Å². The molecule has 2 rings (SSSR count). The van der Waals surface area contributed by atoms with Crippen molar-refractivity contribution < 1.29 is 4.79 Å². The molecular formula is C19H23Cl2N3O. The average molecular weight is 380 g/mol. The molecule has 6 heteroatoms. The van der Waals surface area contributed by atoms with Gasteiger partial charge in [0.2, 0.25) is 5.91 Å². The topological polar surface area (TPSA) is 44.4 Å².